The summed E-state index contributed by atoms with van der Waals surface area (Å²) in [6.45, 7) is -0.510. The van der Waals surface area contributed by atoms with Crippen molar-refractivity contribution in [3.63, 3.8) is 0 Å². The molecular weight excluding hydrogens is 152 g/mol. The molecule has 66 valence electrons. The van der Waals surface area contributed by atoms with Crippen LogP contribution in [0.25, 0.3) is 0 Å². The average molecular weight is 164 g/mol. The summed E-state index contributed by atoms with van der Waals surface area (Å²) >= 11 is 0. The minimum absolute atomic E-state index is 0.0133. The zero-order chi connectivity index (χ0) is 8.48. The summed E-state index contributed by atoms with van der Waals surface area (Å²) in [5, 5.41) is 35.7. The van der Waals surface area contributed by atoms with Gasteiger partial charge in [0.15, 0.2) is 12.1 Å². The van der Waals surface area contributed by atoms with E-state index >= 15 is 0 Å². The van der Waals surface area contributed by atoms with Gasteiger partial charge in [-0.3, -0.25) is 0 Å². The number of hydrogen-bond donors (Lipinski definition) is 4. The number of hydrogen-bond acceptors (Lipinski definition) is 5. The normalized spacial score (nSPS) is 37.1. The largest absolute Gasteiger partial charge is 0.393 e. The van der Waals surface area contributed by atoms with Gasteiger partial charge < -0.3 is 25.2 Å². The van der Waals surface area contributed by atoms with Gasteiger partial charge >= 0.3 is 0 Å². The first-order chi connectivity index (χ1) is 5.06. The second-order valence-electron chi connectivity index (χ2n) is 2.68. The maximum atomic E-state index is 9.11. The molecule has 0 aliphatic carbocycles. The molecule has 2 unspecified atom stereocenters. The van der Waals surface area contributed by atoms with E-state index in [9.17, 15) is 0 Å². The second-order valence-corrected chi connectivity index (χ2v) is 2.68. The van der Waals surface area contributed by atoms with E-state index in [4.69, 9.17) is 20.4 Å². The molecule has 0 saturated carbocycles. The van der Waals surface area contributed by atoms with Gasteiger partial charge in [-0.05, 0) is 0 Å². The SMILES string of the molecule is OCC1OC(O)CCC1(O)O. The highest BCUT2D eigenvalue weighted by Gasteiger charge is 2.40. The molecule has 0 amide bonds. The fourth-order valence-corrected chi connectivity index (χ4v) is 1.05. The summed E-state index contributed by atoms with van der Waals surface area (Å²) in [6.07, 6.45) is -1.92. The topological polar surface area (TPSA) is 90.2 Å². The van der Waals surface area contributed by atoms with Crippen LogP contribution in [-0.2, 0) is 4.74 Å². The molecule has 0 aromatic rings. The summed E-state index contributed by atoms with van der Waals surface area (Å²) in [7, 11) is 0. The highest BCUT2D eigenvalue weighted by Crippen LogP contribution is 2.25. The zero-order valence-corrected chi connectivity index (χ0v) is 5.97. The fourth-order valence-electron chi connectivity index (χ4n) is 1.05. The van der Waals surface area contributed by atoms with Crippen molar-refractivity contribution in [3.05, 3.63) is 0 Å². The lowest BCUT2D eigenvalue weighted by atomic mass is 10.0. The summed E-state index contributed by atoms with van der Waals surface area (Å²) in [5.74, 6) is -2.01. The predicted molar refractivity (Wildman–Crippen MR) is 34.4 cm³/mol. The van der Waals surface area contributed by atoms with Crippen LogP contribution in [0, 0.1) is 0 Å². The molecule has 5 heteroatoms. The maximum Gasteiger partial charge on any atom is 0.192 e. The Bertz CT molecular complexity index is 135. The molecule has 2 atom stereocenters. The minimum Gasteiger partial charge on any atom is -0.393 e. The Morgan fingerprint density at radius 2 is 2.09 bits per heavy atom. The first-order valence-corrected chi connectivity index (χ1v) is 3.45. The van der Waals surface area contributed by atoms with Crippen LogP contribution in [0.3, 0.4) is 0 Å². The highest BCUT2D eigenvalue weighted by molar-refractivity contribution is 4.80. The molecule has 5 nitrogen and oxygen atoms in total. The Hall–Kier alpha value is -0.200. The van der Waals surface area contributed by atoms with Gasteiger partial charge in [0.05, 0.1) is 6.61 Å². The molecule has 1 aliphatic rings. The van der Waals surface area contributed by atoms with Crippen LogP contribution in [0.4, 0.5) is 0 Å². The van der Waals surface area contributed by atoms with Crippen molar-refractivity contribution in [1.82, 2.24) is 0 Å². The van der Waals surface area contributed by atoms with Crippen LogP contribution < -0.4 is 0 Å². The summed E-state index contributed by atoms with van der Waals surface area (Å²) in [4.78, 5) is 0. The molecule has 1 rings (SSSR count). The molecule has 0 aromatic carbocycles. The molecule has 1 aliphatic heterocycles. The van der Waals surface area contributed by atoms with Crippen molar-refractivity contribution in [2.75, 3.05) is 6.61 Å². The van der Waals surface area contributed by atoms with E-state index in [0.717, 1.165) is 0 Å². The van der Waals surface area contributed by atoms with Crippen LogP contribution in [0.2, 0.25) is 0 Å². The smallest absolute Gasteiger partial charge is 0.192 e. The molecular formula is C6H12O5. The van der Waals surface area contributed by atoms with Crippen molar-refractivity contribution in [2.24, 2.45) is 0 Å². The van der Waals surface area contributed by atoms with E-state index in [1.54, 1.807) is 0 Å². The number of rotatable bonds is 1. The Kier molecular flexibility index (Phi) is 2.46. The van der Waals surface area contributed by atoms with E-state index in [1.165, 1.54) is 0 Å². The minimum atomic E-state index is -2.01. The lowest BCUT2D eigenvalue weighted by Crippen LogP contribution is -2.51. The van der Waals surface area contributed by atoms with E-state index in [2.05, 4.69) is 4.74 Å². The van der Waals surface area contributed by atoms with Crippen molar-refractivity contribution < 1.29 is 25.2 Å². The van der Waals surface area contributed by atoms with Gasteiger partial charge in [0.25, 0.3) is 0 Å². The highest BCUT2D eigenvalue weighted by atomic mass is 16.6. The van der Waals surface area contributed by atoms with Gasteiger partial charge in [-0.2, -0.15) is 0 Å². The molecule has 1 heterocycles. The van der Waals surface area contributed by atoms with Gasteiger partial charge in [-0.25, -0.2) is 0 Å². The first-order valence-electron chi connectivity index (χ1n) is 3.45. The van der Waals surface area contributed by atoms with E-state index in [0.29, 0.717) is 0 Å². The third-order valence-electron chi connectivity index (χ3n) is 1.76. The van der Waals surface area contributed by atoms with Gasteiger partial charge in [-0.15, -0.1) is 0 Å². The summed E-state index contributed by atoms with van der Waals surface area (Å²) in [5.41, 5.74) is 0. The first kappa shape index (κ1) is 8.89. The molecule has 4 N–H and O–H groups in total. The average Bonchev–Trinajstić information content (AvgIpc) is 1.94. The summed E-state index contributed by atoms with van der Waals surface area (Å²) < 4.78 is 4.66. The zero-order valence-electron chi connectivity index (χ0n) is 5.97. The molecule has 0 bridgehead atoms. The molecule has 0 aromatic heterocycles. The van der Waals surface area contributed by atoms with Crippen molar-refractivity contribution in [3.8, 4) is 0 Å². The Balaban J connectivity index is 2.56. The van der Waals surface area contributed by atoms with Gasteiger partial charge in [0.2, 0.25) is 0 Å². The molecule has 1 saturated heterocycles. The monoisotopic (exact) mass is 164 g/mol. The fraction of sp³-hybridized carbons (Fsp3) is 1.00. The van der Waals surface area contributed by atoms with Gasteiger partial charge in [0.1, 0.15) is 6.10 Å². The summed E-state index contributed by atoms with van der Waals surface area (Å²) in [6, 6.07) is 0. The molecule has 1 fully saturated rings. The van der Waals surface area contributed by atoms with Crippen LogP contribution >= 0.6 is 0 Å². The Labute approximate surface area is 63.8 Å². The van der Waals surface area contributed by atoms with Crippen LogP contribution in [0.1, 0.15) is 12.8 Å². The van der Waals surface area contributed by atoms with E-state index < -0.39 is 24.8 Å². The lowest BCUT2D eigenvalue weighted by molar-refractivity contribution is -0.315. The Morgan fingerprint density at radius 3 is 2.55 bits per heavy atom. The maximum absolute atomic E-state index is 9.11. The van der Waals surface area contributed by atoms with Crippen LogP contribution in [0.15, 0.2) is 0 Å². The number of ether oxygens (including phenoxy) is 1. The van der Waals surface area contributed by atoms with Gasteiger partial charge in [0, 0.05) is 12.8 Å². The quantitative estimate of drug-likeness (QED) is 0.342. The molecule has 11 heavy (non-hydrogen) atoms. The van der Waals surface area contributed by atoms with Crippen molar-refractivity contribution >= 4 is 0 Å². The standard InChI is InChI=1S/C6H12O5/c7-3-4-6(9,10)2-1-5(8)11-4/h4-5,7-10H,1-3H2. The van der Waals surface area contributed by atoms with Crippen molar-refractivity contribution in [1.29, 1.82) is 0 Å². The van der Waals surface area contributed by atoms with Crippen molar-refractivity contribution in [2.45, 2.75) is 31.0 Å². The second kappa shape index (κ2) is 3.04. The lowest BCUT2D eigenvalue weighted by Gasteiger charge is -2.36. The number of aliphatic hydroxyl groups is 4. The van der Waals surface area contributed by atoms with Gasteiger partial charge in [-0.1, -0.05) is 0 Å². The predicted octanol–water partition coefficient (Wildman–Crippen LogP) is -1.84. The number of aliphatic hydroxyl groups excluding tert-OH is 2. The molecule has 0 spiro atoms. The van der Waals surface area contributed by atoms with Crippen LogP contribution in [0.5, 0.6) is 0 Å². The van der Waals surface area contributed by atoms with E-state index in [-0.39, 0.29) is 12.8 Å². The third-order valence-corrected chi connectivity index (χ3v) is 1.76. The third kappa shape index (κ3) is 1.88. The van der Waals surface area contributed by atoms with E-state index in [1.807, 2.05) is 0 Å². The molecule has 0 radical (unpaired) electrons. The van der Waals surface area contributed by atoms with Crippen LogP contribution in [-0.4, -0.2) is 45.2 Å². The Morgan fingerprint density at radius 1 is 1.45 bits per heavy atom.